The fraction of sp³-hybridized carbons (Fsp3) is 0.387. The summed E-state index contributed by atoms with van der Waals surface area (Å²) < 4.78 is 15.4. The Morgan fingerprint density at radius 3 is 2.14 bits per heavy atom. The van der Waals surface area contributed by atoms with Gasteiger partial charge in [-0.05, 0) is 79.6 Å². The van der Waals surface area contributed by atoms with Gasteiger partial charge in [-0.1, -0.05) is 31.4 Å². The lowest BCUT2D eigenvalue weighted by molar-refractivity contribution is 0.0922. The molecule has 192 valence electrons. The van der Waals surface area contributed by atoms with Gasteiger partial charge < -0.3 is 19.4 Å². The zero-order valence-electron chi connectivity index (χ0n) is 21.8. The van der Waals surface area contributed by atoms with Gasteiger partial charge in [0.05, 0.1) is 19.9 Å². The standard InChI is InChI=1S/C31H35N3O3/c1-36-24-15-11-21(12-16-24)27-20-34-29(30(35)32-23-8-4-3-5-9-23)28(22-13-17-25(37-2)18-14-22)26-10-6-7-19-33(27)31(26)34/h11-18,20,23H,3-10,19H2,1-2H3,(H,32,35). The highest BCUT2D eigenvalue weighted by Gasteiger charge is 2.30. The van der Waals surface area contributed by atoms with E-state index in [1.165, 1.54) is 24.8 Å². The Morgan fingerprint density at radius 2 is 1.49 bits per heavy atom. The van der Waals surface area contributed by atoms with Crippen LogP contribution >= 0.6 is 0 Å². The van der Waals surface area contributed by atoms with Crippen molar-refractivity contribution in [3.63, 3.8) is 0 Å². The lowest BCUT2D eigenvalue weighted by Crippen LogP contribution is -2.37. The van der Waals surface area contributed by atoms with Crippen LogP contribution in [0.2, 0.25) is 0 Å². The van der Waals surface area contributed by atoms with E-state index in [0.717, 1.165) is 83.9 Å². The van der Waals surface area contributed by atoms with Gasteiger partial charge in [0, 0.05) is 29.9 Å². The summed E-state index contributed by atoms with van der Waals surface area (Å²) in [6.45, 7) is 0.931. The van der Waals surface area contributed by atoms with E-state index in [2.05, 4.69) is 44.7 Å². The number of aryl methyl sites for hydroxylation is 2. The molecule has 0 radical (unpaired) electrons. The highest BCUT2D eigenvalue weighted by molar-refractivity contribution is 6.03. The van der Waals surface area contributed by atoms with Crippen molar-refractivity contribution in [1.82, 2.24) is 14.3 Å². The second kappa shape index (κ2) is 10.0. The summed E-state index contributed by atoms with van der Waals surface area (Å²) in [5.41, 5.74) is 7.53. The smallest absolute Gasteiger partial charge is 0.269 e. The number of carbonyl (C=O) groups excluding carboxylic acids is 1. The van der Waals surface area contributed by atoms with Crippen LogP contribution in [0.15, 0.2) is 54.7 Å². The molecule has 6 rings (SSSR count). The first-order valence-electron chi connectivity index (χ1n) is 13.5. The number of nitrogens with one attached hydrogen (secondary N) is 1. The summed E-state index contributed by atoms with van der Waals surface area (Å²) in [6.07, 6.45) is 11.1. The normalized spacial score (nSPS) is 15.9. The number of methoxy groups -OCH3 is 2. The van der Waals surface area contributed by atoms with Gasteiger partial charge in [-0.15, -0.1) is 0 Å². The Kier molecular flexibility index (Phi) is 6.41. The van der Waals surface area contributed by atoms with Gasteiger partial charge in [0.15, 0.2) is 0 Å². The molecular weight excluding hydrogens is 462 g/mol. The van der Waals surface area contributed by atoms with Crippen LogP contribution in [0.4, 0.5) is 0 Å². The molecule has 2 aromatic heterocycles. The van der Waals surface area contributed by atoms with E-state index in [9.17, 15) is 4.79 Å². The second-order valence-electron chi connectivity index (χ2n) is 10.3. The van der Waals surface area contributed by atoms with Gasteiger partial charge in [-0.25, -0.2) is 0 Å². The van der Waals surface area contributed by atoms with Gasteiger partial charge in [0.25, 0.3) is 5.91 Å². The third kappa shape index (κ3) is 4.28. The molecule has 1 saturated carbocycles. The minimum Gasteiger partial charge on any atom is -0.497 e. The molecule has 1 aliphatic heterocycles. The molecule has 2 aliphatic rings. The summed E-state index contributed by atoms with van der Waals surface area (Å²) in [4.78, 5) is 14.0. The molecule has 1 N–H and O–H groups in total. The zero-order chi connectivity index (χ0) is 25.4. The van der Waals surface area contributed by atoms with E-state index in [4.69, 9.17) is 9.47 Å². The van der Waals surface area contributed by atoms with Crippen molar-refractivity contribution >= 4 is 11.6 Å². The molecule has 4 aromatic rings. The number of amides is 1. The van der Waals surface area contributed by atoms with Gasteiger partial charge >= 0.3 is 0 Å². The summed E-state index contributed by atoms with van der Waals surface area (Å²) in [7, 11) is 3.37. The fourth-order valence-electron chi connectivity index (χ4n) is 6.17. The van der Waals surface area contributed by atoms with Crippen molar-refractivity contribution in [2.45, 2.75) is 64.0 Å². The quantitative estimate of drug-likeness (QED) is 0.331. The molecule has 2 aromatic carbocycles. The van der Waals surface area contributed by atoms with Gasteiger partial charge in [0.1, 0.15) is 22.8 Å². The Bertz CT molecular complexity index is 1410. The number of carbonyl (C=O) groups is 1. The number of imidazole rings is 1. The zero-order valence-corrected chi connectivity index (χ0v) is 21.8. The molecule has 0 bridgehead atoms. The minimum absolute atomic E-state index is 0.0259. The first kappa shape index (κ1) is 23.7. The third-order valence-electron chi connectivity index (χ3n) is 8.05. The van der Waals surface area contributed by atoms with Crippen LogP contribution in [0.3, 0.4) is 0 Å². The number of aromatic nitrogens is 2. The average Bonchev–Trinajstić information content (AvgIpc) is 3.36. The largest absolute Gasteiger partial charge is 0.497 e. The molecule has 1 aliphatic carbocycles. The van der Waals surface area contributed by atoms with E-state index < -0.39 is 0 Å². The Hall–Kier alpha value is -3.67. The number of ether oxygens (including phenoxy) is 2. The highest BCUT2D eigenvalue weighted by Crippen LogP contribution is 2.40. The van der Waals surface area contributed by atoms with Crippen LogP contribution in [0, 0.1) is 0 Å². The molecule has 0 saturated heterocycles. The monoisotopic (exact) mass is 497 g/mol. The van der Waals surface area contributed by atoms with Crippen LogP contribution < -0.4 is 14.8 Å². The van der Waals surface area contributed by atoms with Crippen molar-refractivity contribution in [3.8, 4) is 33.9 Å². The van der Waals surface area contributed by atoms with Gasteiger partial charge in [-0.2, -0.15) is 0 Å². The predicted molar refractivity (Wildman–Crippen MR) is 147 cm³/mol. The number of benzene rings is 2. The first-order chi connectivity index (χ1) is 18.2. The van der Waals surface area contributed by atoms with E-state index in [1.54, 1.807) is 14.2 Å². The third-order valence-corrected chi connectivity index (χ3v) is 8.05. The van der Waals surface area contributed by atoms with Crippen molar-refractivity contribution in [2.75, 3.05) is 14.2 Å². The molecule has 37 heavy (non-hydrogen) atoms. The maximum atomic E-state index is 14.0. The van der Waals surface area contributed by atoms with Crippen LogP contribution in [-0.2, 0) is 13.0 Å². The van der Waals surface area contributed by atoms with Crippen LogP contribution in [0.5, 0.6) is 11.5 Å². The number of hydrogen-bond acceptors (Lipinski definition) is 3. The molecule has 6 nitrogen and oxygen atoms in total. The van der Waals surface area contributed by atoms with E-state index in [-0.39, 0.29) is 11.9 Å². The van der Waals surface area contributed by atoms with E-state index in [0.29, 0.717) is 0 Å². The van der Waals surface area contributed by atoms with E-state index in [1.807, 2.05) is 24.3 Å². The summed E-state index contributed by atoms with van der Waals surface area (Å²) in [5, 5.41) is 3.41. The van der Waals surface area contributed by atoms with Crippen molar-refractivity contribution in [1.29, 1.82) is 0 Å². The maximum absolute atomic E-state index is 14.0. The van der Waals surface area contributed by atoms with E-state index >= 15 is 0 Å². The molecule has 1 amide bonds. The Morgan fingerprint density at radius 1 is 0.838 bits per heavy atom. The average molecular weight is 498 g/mol. The van der Waals surface area contributed by atoms with Gasteiger partial charge in [0.2, 0.25) is 0 Å². The molecule has 6 heteroatoms. The summed E-state index contributed by atoms with van der Waals surface area (Å²) >= 11 is 0. The first-order valence-corrected chi connectivity index (χ1v) is 13.5. The van der Waals surface area contributed by atoms with Crippen LogP contribution in [-0.4, -0.2) is 35.1 Å². The molecule has 3 heterocycles. The predicted octanol–water partition coefficient (Wildman–Crippen LogP) is 6.49. The Labute approximate surface area is 218 Å². The lowest BCUT2D eigenvalue weighted by Gasteiger charge is -2.23. The molecule has 1 fully saturated rings. The SMILES string of the molecule is COc1ccc(-c2c3c4n(c(-c5ccc(OC)cc5)cn4c2C(=O)NC2CCCCC2)CCCC3)cc1. The van der Waals surface area contributed by atoms with Gasteiger partial charge in [-0.3, -0.25) is 9.20 Å². The number of hydrogen-bond donors (Lipinski definition) is 1. The molecule has 0 atom stereocenters. The summed E-state index contributed by atoms with van der Waals surface area (Å²) in [6, 6.07) is 16.6. The second-order valence-corrected chi connectivity index (χ2v) is 10.3. The number of rotatable bonds is 6. The van der Waals surface area contributed by atoms with Crippen LogP contribution in [0.1, 0.15) is 61.0 Å². The molecule has 0 spiro atoms. The minimum atomic E-state index is 0.0259. The van der Waals surface area contributed by atoms with Crippen molar-refractivity contribution in [2.24, 2.45) is 0 Å². The van der Waals surface area contributed by atoms with Crippen molar-refractivity contribution in [3.05, 3.63) is 66.0 Å². The Balaban J connectivity index is 1.55. The van der Waals surface area contributed by atoms with Crippen molar-refractivity contribution < 1.29 is 14.3 Å². The topological polar surface area (TPSA) is 56.9 Å². The summed E-state index contributed by atoms with van der Waals surface area (Å²) in [5.74, 6) is 1.68. The van der Waals surface area contributed by atoms with Crippen LogP contribution in [0.25, 0.3) is 28.0 Å². The highest BCUT2D eigenvalue weighted by atomic mass is 16.5. The fourth-order valence-corrected chi connectivity index (χ4v) is 6.17. The molecular formula is C31H35N3O3. The maximum Gasteiger partial charge on any atom is 0.269 e. The molecule has 0 unspecified atom stereocenters. The number of nitrogens with zero attached hydrogens (tertiary/aromatic N) is 2. The lowest BCUT2D eigenvalue weighted by atomic mass is 9.94.